The Kier molecular flexibility index (Phi) is 10.1. The number of aryl methyl sites for hydroxylation is 1. The molecule has 0 aromatic heterocycles. The summed E-state index contributed by atoms with van der Waals surface area (Å²) in [6.07, 6.45) is 1.75. The van der Waals surface area contributed by atoms with E-state index < -0.39 is 40.6 Å². The number of anilines is 2. The predicted octanol–water partition coefficient (Wildman–Crippen LogP) is 4.31. The van der Waals surface area contributed by atoms with E-state index in [1.165, 1.54) is 19.2 Å². The molecule has 0 saturated carbocycles. The molecular weight excluding hydrogens is 435 g/mol. The Morgan fingerprint density at radius 1 is 1.12 bits per heavy atom. The Bertz CT molecular complexity index is 1010. The monoisotopic (exact) mass is 465 g/mol. The molecule has 6 nitrogen and oxygen atoms in total. The van der Waals surface area contributed by atoms with Gasteiger partial charge in [-0.2, -0.15) is 0 Å². The summed E-state index contributed by atoms with van der Waals surface area (Å²) in [6, 6.07) is 5.97. The third-order valence-electron chi connectivity index (χ3n) is 4.55. The number of likely N-dealkylation sites (tertiary alicyclic amines) is 1. The second kappa shape index (κ2) is 12.1. The first kappa shape index (κ1) is 27.7. The first-order valence-electron chi connectivity index (χ1n) is 10.4. The number of halogens is 3. The van der Waals surface area contributed by atoms with Crippen molar-refractivity contribution in [2.45, 2.75) is 33.3 Å². The molecule has 1 aliphatic rings. The quantitative estimate of drug-likeness (QED) is 0.588. The van der Waals surface area contributed by atoms with Crippen LogP contribution in [0.4, 0.5) is 24.5 Å². The Labute approximate surface area is 192 Å². The van der Waals surface area contributed by atoms with E-state index in [2.05, 4.69) is 17.2 Å². The molecule has 1 saturated heterocycles. The van der Waals surface area contributed by atoms with Crippen molar-refractivity contribution in [1.29, 1.82) is 0 Å². The number of hydrogen-bond acceptors (Lipinski definition) is 4. The van der Waals surface area contributed by atoms with Crippen molar-refractivity contribution < 1.29 is 27.9 Å². The topological polar surface area (TPSA) is 81.7 Å². The van der Waals surface area contributed by atoms with Crippen LogP contribution in [0.15, 0.2) is 43.0 Å². The highest BCUT2D eigenvalue weighted by Crippen LogP contribution is 2.31. The Balaban J connectivity index is 0.00000101. The van der Waals surface area contributed by atoms with Crippen molar-refractivity contribution in [3.05, 3.63) is 71.6 Å². The van der Waals surface area contributed by atoms with Crippen LogP contribution >= 0.6 is 0 Å². The molecule has 1 fully saturated rings. The number of likely N-dealkylation sites (N-methyl/N-ethyl adjacent to an activating group) is 1. The highest BCUT2D eigenvalue weighted by atomic mass is 19.2. The van der Waals surface area contributed by atoms with Crippen LogP contribution < -0.4 is 10.6 Å². The molecule has 180 valence electrons. The van der Waals surface area contributed by atoms with Crippen LogP contribution in [-0.2, 0) is 4.79 Å². The lowest BCUT2D eigenvalue weighted by atomic mass is 9.92. The van der Waals surface area contributed by atoms with Gasteiger partial charge in [-0.1, -0.05) is 26.0 Å². The average Bonchev–Trinajstić information content (AvgIpc) is 2.77. The number of rotatable bonds is 4. The smallest absolute Gasteiger partial charge is 0.256 e. The molecule has 0 spiro atoms. The molecule has 3 rings (SSSR count). The van der Waals surface area contributed by atoms with E-state index in [9.17, 15) is 27.9 Å². The highest BCUT2D eigenvalue weighted by Gasteiger charge is 2.49. The number of carbonyl (C=O) groups is 2. The van der Waals surface area contributed by atoms with Gasteiger partial charge in [0.15, 0.2) is 17.2 Å². The molecule has 1 aliphatic heterocycles. The molecule has 2 aromatic carbocycles. The molecule has 0 bridgehead atoms. The highest BCUT2D eigenvalue weighted by molar-refractivity contribution is 6.02. The van der Waals surface area contributed by atoms with Crippen molar-refractivity contribution in [3.8, 4) is 0 Å². The van der Waals surface area contributed by atoms with Crippen LogP contribution in [0, 0.1) is 24.4 Å². The van der Waals surface area contributed by atoms with E-state index in [1.54, 1.807) is 19.1 Å². The summed E-state index contributed by atoms with van der Waals surface area (Å²) in [5.41, 5.74) is -2.01. The SMILES string of the molecule is C=CC.CC.CNC(=O)C1(O)CN(C(=O)c2ccc(F)c(F)c2Nc2ccc(C)cc2F)C1. The van der Waals surface area contributed by atoms with Gasteiger partial charge in [-0.05, 0) is 43.7 Å². The van der Waals surface area contributed by atoms with Crippen molar-refractivity contribution in [2.75, 3.05) is 25.5 Å². The van der Waals surface area contributed by atoms with E-state index in [-0.39, 0.29) is 24.3 Å². The van der Waals surface area contributed by atoms with Gasteiger partial charge in [0.2, 0.25) is 0 Å². The average molecular weight is 466 g/mol. The summed E-state index contributed by atoms with van der Waals surface area (Å²) >= 11 is 0. The standard InChI is InChI=1S/C19H18F3N3O3.C3H6.C2H6/c1-10-3-6-14(13(21)7-10)24-16-11(4-5-12(20)15(16)22)17(26)25-8-19(28,9-25)18(27)23-2;1-3-2;1-2/h3-7,24,28H,8-9H2,1-2H3,(H,23,27);3H,1H2,2H3;1-2H3. The predicted molar refractivity (Wildman–Crippen MR) is 123 cm³/mol. The number of amides is 2. The van der Waals surface area contributed by atoms with Crippen molar-refractivity contribution >= 4 is 23.2 Å². The van der Waals surface area contributed by atoms with Gasteiger partial charge in [-0.25, -0.2) is 13.2 Å². The summed E-state index contributed by atoms with van der Waals surface area (Å²) in [5, 5.41) is 14.8. The van der Waals surface area contributed by atoms with Crippen LogP contribution in [0.5, 0.6) is 0 Å². The van der Waals surface area contributed by atoms with Gasteiger partial charge in [0.25, 0.3) is 11.8 Å². The molecular formula is C24H30F3N3O3. The maximum absolute atomic E-state index is 14.4. The summed E-state index contributed by atoms with van der Waals surface area (Å²) in [5.74, 6) is -4.63. The second-order valence-corrected chi connectivity index (χ2v) is 7.07. The lowest BCUT2D eigenvalue weighted by molar-refractivity contribution is -0.154. The molecule has 0 unspecified atom stereocenters. The summed E-state index contributed by atoms with van der Waals surface area (Å²) in [7, 11) is 1.35. The maximum atomic E-state index is 14.4. The first-order chi connectivity index (χ1) is 15.6. The maximum Gasteiger partial charge on any atom is 0.256 e. The summed E-state index contributed by atoms with van der Waals surface area (Å²) in [6.45, 7) is 10.3. The minimum atomic E-state index is -1.74. The molecule has 33 heavy (non-hydrogen) atoms. The Morgan fingerprint density at radius 3 is 2.21 bits per heavy atom. The fourth-order valence-electron chi connectivity index (χ4n) is 2.98. The van der Waals surface area contributed by atoms with Gasteiger partial charge < -0.3 is 20.6 Å². The zero-order valence-electron chi connectivity index (χ0n) is 19.4. The van der Waals surface area contributed by atoms with E-state index in [1.807, 2.05) is 20.8 Å². The van der Waals surface area contributed by atoms with E-state index in [0.29, 0.717) is 5.56 Å². The number of nitrogens with zero attached hydrogens (tertiary/aromatic N) is 1. The van der Waals surface area contributed by atoms with Gasteiger partial charge >= 0.3 is 0 Å². The zero-order valence-corrected chi connectivity index (χ0v) is 19.4. The van der Waals surface area contributed by atoms with Gasteiger partial charge in [-0.3, -0.25) is 9.59 Å². The van der Waals surface area contributed by atoms with Crippen LogP contribution in [0.2, 0.25) is 0 Å². The van der Waals surface area contributed by atoms with E-state index in [0.717, 1.165) is 17.0 Å². The number of aliphatic hydroxyl groups is 1. The Morgan fingerprint density at radius 2 is 1.70 bits per heavy atom. The lowest BCUT2D eigenvalue weighted by Gasteiger charge is -2.44. The third kappa shape index (κ3) is 6.35. The van der Waals surface area contributed by atoms with Gasteiger partial charge in [0.1, 0.15) is 5.82 Å². The molecule has 2 amide bonds. The largest absolute Gasteiger partial charge is 0.377 e. The number of β-amino-alcohol motifs (C(OH)–C–C–N with tert-alkyl or cyclic N) is 1. The number of benzene rings is 2. The molecule has 9 heteroatoms. The van der Waals surface area contributed by atoms with Crippen molar-refractivity contribution in [1.82, 2.24) is 10.2 Å². The molecule has 0 radical (unpaired) electrons. The van der Waals surface area contributed by atoms with Gasteiger partial charge in [0.05, 0.1) is 30.0 Å². The molecule has 3 N–H and O–H groups in total. The van der Waals surface area contributed by atoms with Crippen LogP contribution in [-0.4, -0.2) is 47.6 Å². The normalized spacial score (nSPS) is 13.3. The summed E-state index contributed by atoms with van der Waals surface area (Å²) < 4.78 is 42.2. The zero-order chi connectivity index (χ0) is 25.3. The van der Waals surface area contributed by atoms with E-state index >= 15 is 0 Å². The minimum Gasteiger partial charge on any atom is -0.377 e. The number of allylic oxidation sites excluding steroid dienone is 1. The molecule has 0 atom stereocenters. The number of carbonyl (C=O) groups excluding carboxylic acids is 2. The third-order valence-corrected chi connectivity index (χ3v) is 4.55. The second-order valence-electron chi connectivity index (χ2n) is 7.07. The number of nitrogens with one attached hydrogen (secondary N) is 2. The Hall–Kier alpha value is -3.33. The van der Waals surface area contributed by atoms with Gasteiger partial charge in [0, 0.05) is 7.05 Å². The first-order valence-corrected chi connectivity index (χ1v) is 10.4. The van der Waals surface area contributed by atoms with E-state index in [4.69, 9.17) is 0 Å². The van der Waals surface area contributed by atoms with Crippen LogP contribution in [0.1, 0.15) is 36.7 Å². The molecule has 2 aromatic rings. The lowest BCUT2D eigenvalue weighted by Crippen LogP contribution is -2.69. The fraction of sp³-hybridized carbons (Fsp3) is 0.333. The van der Waals surface area contributed by atoms with Crippen molar-refractivity contribution in [2.24, 2.45) is 0 Å². The molecule has 0 aliphatic carbocycles. The van der Waals surface area contributed by atoms with Crippen molar-refractivity contribution in [3.63, 3.8) is 0 Å². The fourth-order valence-corrected chi connectivity index (χ4v) is 2.98. The van der Waals surface area contributed by atoms with Crippen LogP contribution in [0.3, 0.4) is 0 Å². The molecule has 1 heterocycles. The minimum absolute atomic E-state index is 0.130. The number of hydrogen-bond donors (Lipinski definition) is 3. The summed E-state index contributed by atoms with van der Waals surface area (Å²) in [4.78, 5) is 25.4. The van der Waals surface area contributed by atoms with Crippen LogP contribution in [0.25, 0.3) is 0 Å². The van der Waals surface area contributed by atoms with Gasteiger partial charge in [-0.15, -0.1) is 6.58 Å².